The van der Waals surface area contributed by atoms with Gasteiger partial charge in [-0.15, -0.1) is 0 Å². The van der Waals surface area contributed by atoms with Crippen molar-refractivity contribution in [1.82, 2.24) is 4.98 Å². The van der Waals surface area contributed by atoms with Gasteiger partial charge < -0.3 is 9.72 Å². The van der Waals surface area contributed by atoms with Crippen LogP contribution >= 0.6 is 11.6 Å². The van der Waals surface area contributed by atoms with Crippen LogP contribution in [0.4, 0.5) is 5.69 Å². The minimum Gasteiger partial charge on any atom is -0.484 e. The van der Waals surface area contributed by atoms with Gasteiger partial charge in [0.2, 0.25) is 5.78 Å². The molecule has 0 spiro atoms. The maximum absolute atomic E-state index is 12.3. The molecule has 1 heterocycles. The van der Waals surface area contributed by atoms with E-state index in [0.29, 0.717) is 22.5 Å². The van der Waals surface area contributed by atoms with Gasteiger partial charge in [-0.1, -0.05) is 11.6 Å². The number of carbonyl (C=O) groups excluding carboxylic acids is 2. The van der Waals surface area contributed by atoms with Gasteiger partial charge in [0.15, 0.2) is 12.4 Å². The Kier molecular flexibility index (Phi) is 5.04. The smallest absolute Gasteiger partial charge is 0.271 e. The zero-order chi connectivity index (χ0) is 18.0. The first-order chi connectivity index (χ1) is 11.2. The molecule has 24 heavy (non-hydrogen) atoms. The summed E-state index contributed by atoms with van der Waals surface area (Å²) in [6.45, 7) is 4.53. The Labute approximate surface area is 142 Å². The summed E-state index contributed by atoms with van der Waals surface area (Å²) >= 11 is 5.91. The molecule has 0 bridgehead atoms. The maximum atomic E-state index is 12.3. The van der Waals surface area contributed by atoms with E-state index in [1.165, 1.54) is 19.1 Å². The number of ketones is 2. The molecule has 0 fully saturated rings. The fourth-order valence-corrected chi connectivity index (χ4v) is 2.72. The van der Waals surface area contributed by atoms with Crippen LogP contribution in [-0.2, 0) is 0 Å². The zero-order valence-electron chi connectivity index (χ0n) is 13.3. The van der Waals surface area contributed by atoms with E-state index in [0.717, 1.165) is 6.07 Å². The number of nitrogens with one attached hydrogen (secondary N) is 1. The first kappa shape index (κ1) is 17.7. The Bertz CT molecular complexity index is 841. The average Bonchev–Trinajstić information content (AvgIpc) is 2.80. The molecule has 0 atom stereocenters. The number of rotatable bonds is 6. The molecule has 7 nitrogen and oxygen atoms in total. The number of benzene rings is 1. The normalized spacial score (nSPS) is 10.5. The molecular formula is C16H15ClN2O5. The molecule has 0 saturated heterocycles. The van der Waals surface area contributed by atoms with E-state index in [4.69, 9.17) is 16.3 Å². The number of ether oxygens (including phenoxy) is 1. The first-order valence-electron chi connectivity index (χ1n) is 7.02. The molecule has 0 aliphatic heterocycles. The summed E-state index contributed by atoms with van der Waals surface area (Å²) in [5.41, 5.74) is 1.82. The molecule has 0 aliphatic carbocycles. The Morgan fingerprint density at radius 3 is 2.50 bits per heavy atom. The van der Waals surface area contributed by atoms with Crippen LogP contribution in [0.15, 0.2) is 18.2 Å². The van der Waals surface area contributed by atoms with Gasteiger partial charge in [0.05, 0.1) is 15.6 Å². The predicted octanol–water partition coefficient (Wildman–Crippen LogP) is 3.66. The number of nitro benzene ring substituents is 1. The number of aromatic amines is 1. The summed E-state index contributed by atoms with van der Waals surface area (Å²) in [5.74, 6) is -0.305. The lowest BCUT2D eigenvalue weighted by atomic mass is 10.1. The molecule has 2 rings (SSSR count). The fraction of sp³-hybridized carbons (Fsp3) is 0.250. The molecule has 126 valence electrons. The summed E-state index contributed by atoms with van der Waals surface area (Å²) in [7, 11) is 0. The Hall–Kier alpha value is -2.67. The van der Waals surface area contributed by atoms with Crippen LogP contribution in [0.3, 0.4) is 0 Å². The van der Waals surface area contributed by atoms with Crippen molar-refractivity contribution in [2.45, 2.75) is 20.8 Å². The molecule has 2 aromatic rings. The highest BCUT2D eigenvalue weighted by molar-refractivity contribution is 6.32. The Balaban J connectivity index is 2.16. The topological polar surface area (TPSA) is 102 Å². The number of nitro groups is 1. The molecule has 1 aromatic carbocycles. The number of Topliss-reactive ketones (excluding diaryl/α,β-unsaturated/α-hetero) is 2. The van der Waals surface area contributed by atoms with Gasteiger partial charge in [0.1, 0.15) is 5.75 Å². The number of non-ortho nitro benzene ring substituents is 1. The number of nitrogens with zero attached hydrogens (tertiary/aromatic N) is 1. The number of H-pyrrole nitrogens is 1. The van der Waals surface area contributed by atoms with E-state index >= 15 is 0 Å². The third-order valence-corrected chi connectivity index (χ3v) is 3.85. The number of carbonyl (C=O) groups is 2. The standard InChI is InChI=1S/C16H15ClN2O5/c1-8-15(10(3)20)9(2)18-16(8)13(21)7-24-14-5-4-11(19(22)23)6-12(14)17/h4-6,18H,7H2,1-3H3. The monoisotopic (exact) mass is 350 g/mol. The predicted molar refractivity (Wildman–Crippen MR) is 88.2 cm³/mol. The highest BCUT2D eigenvalue weighted by Crippen LogP contribution is 2.29. The average molecular weight is 351 g/mol. The van der Waals surface area contributed by atoms with E-state index < -0.39 is 4.92 Å². The van der Waals surface area contributed by atoms with Crippen LogP contribution in [-0.4, -0.2) is 28.1 Å². The van der Waals surface area contributed by atoms with Crippen LogP contribution in [0.2, 0.25) is 5.02 Å². The Morgan fingerprint density at radius 2 is 2.00 bits per heavy atom. The number of aryl methyl sites for hydroxylation is 1. The van der Waals surface area contributed by atoms with Crippen molar-refractivity contribution in [2.75, 3.05) is 6.61 Å². The molecule has 0 amide bonds. The van der Waals surface area contributed by atoms with E-state index in [1.807, 2.05) is 0 Å². The molecule has 0 saturated carbocycles. The van der Waals surface area contributed by atoms with Crippen molar-refractivity contribution in [1.29, 1.82) is 0 Å². The van der Waals surface area contributed by atoms with Crippen molar-refractivity contribution < 1.29 is 19.2 Å². The van der Waals surface area contributed by atoms with Crippen LogP contribution < -0.4 is 4.74 Å². The van der Waals surface area contributed by atoms with E-state index in [1.54, 1.807) is 13.8 Å². The number of halogens is 1. The summed E-state index contributed by atoms with van der Waals surface area (Å²) < 4.78 is 5.34. The van der Waals surface area contributed by atoms with Gasteiger partial charge in [0.25, 0.3) is 5.69 Å². The minimum absolute atomic E-state index is 0.0424. The van der Waals surface area contributed by atoms with E-state index in [2.05, 4.69) is 4.98 Å². The third kappa shape index (κ3) is 3.46. The highest BCUT2D eigenvalue weighted by atomic mass is 35.5. The van der Waals surface area contributed by atoms with Gasteiger partial charge in [-0.3, -0.25) is 19.7 Å². The number of hydrogen-bond donors (Lipinski definition) is 1. The molecule has 1 N–H and O–H groups in total. The Morgan fingerprint density at radius 1 is 1.33 bits per heavy atom. The van der Waals surface area contributed by atoms with Crippen molar-refractivity contribution in [3.63, 3.8) is 0 Å². The van der Waals surface area contributed by atoms with Crippen molar-refractivity contribution in [3.05, 3.63) is 55.9 Å². The van der Waals surface area contributed by atoms with Crippen LogP contribution in [0.25, 0.3) is 0 Å². The zero-order valence-corrected chi connectivity index (χ0v) is 14.1. The second-order valence-electron chi connectivity index (χ2n) is 5.26. The molecule has 8 heteroatoms. The summed E-state index contributed by atoms with van der Waals surface area (Å²) in [6, 6.07) is 3.73. The van der Waals surface area contributed by atoms with Crippen molar-refractivity contribution >= 4 is 28.9 Å². The highest BCUT2D eigenvalue weighted by Gasteiger charge is 2.20. The van der Waals surface area contributed by atoms with Crippen LogP contribution in [0, 0.1) is 24.0 Å². The van der Waals surface area contributed by atoms with E-state index in [-0.39, 0.29) is 34.6 Å². The minimum atomic E-state index is -0.574. The molecule has 1 aromatic heterocycles. The molecule has 0 radical (unpaired) electrons. The second-order valence-corrected chi connectivity index (χ2v) is 5.67. The lowest BCUT2D eigenvalue weighted by molar-refractivity contribution is -0.384. The molecular weight excluding hydrogens is 336 g/mol. The quantitative estimate of drug-likeness (QED) is 0.486. The lowest BCUT2D eigenvalue weighted by Crippen LogP contribution is -2.13. The van der Waals surface area contributed by atoms with Crippen LogP contribution in [0.5, 0.6) is 5.75 Å². The van der Waals surface area contributed by atoms with Gasteiger partial charge >= 0.3 is 0 Å². The lowest BCUT2D eigenvalue weighted by Gasteiger charge is -2.07. The largest absolute Gasteiger partial charge is 0.484 e. The molecule has 0 unspecified atom stereocenters. The van der Waals surface area contributed by atoms with Gasteiger partial charge in [0, 0.05) is 23.4 Å². The first-order valence-corrected chi connectivity index (χ1v) is 7.40. The third-order valence-electron chi connectivity index (χ3n) is 3.55. The van der Waals surface area contributed by atoms with E-state index in [9.17, 15) is 19.7 Å². The number of aromatic nitrogens is 1. The summed E-state index contributed by atoms with van der Waals surface area (Å²) in [4.78, 5) is 36.9. The number of hydrogen-bond acceptors (Lipinski definition) is 5. The fourth-order valence-electron chi connectivity index (χ4n) is 2.49. The summed E-state index contributed by atoms with van der Waals surface area (Å²) in [5, 5.41) is 10.7. The van der Waals surface area contributed by atoms with Gasteiger partial charge in [-0.25, -0.2) is 0 Å². The van der Waals surface area contributed by atoms with Gasteiger partial charge in [-0.05, 0) is 32.4 Å². The summed E-state index contributed by atoms with van der Waals surface area (Å²) in [6.07, 6.45) is 0. The SMILES string of the molecule is CC(=O)c1c(C)[nH]c(C(=O)COc2ccc([N+](=O)[O-])cc2Cl)c1C. The van der Waals surface area contributed by atoms with Crippen molar-refractivity contribution in [3.8, 4) is 5.75 Å². The maximum Gasteiger partial charge on any atom is 0.271 e. The van der Waals surface area contributed by atoms with Crippen molar-refractivity contribution in [2.24, 2.45) is 0 Å². The van der Waals surface area contributed by atoms with Gasteiger partial charge in [-0.2, -0.15) is 0 Å². The molecule has 0 aliphatic rings. The second kappa shape index (κ2) is 6.84. The van der Waals surface area contributed by atoms with Crippen LogP contribution in [0.1, 0.15) is 39.0 Å².